The van der Waals surface area contributed by atoms with E-state index in [1.165, 1.54) is 11.3 Å². The number of likely N-dealkylation sites (tertiary alicyclic amines) is 1. The molecule has 3 aromatic rings. The highest BCUT2D eigenvalue weighted by Gasteiger charge is 2.29. The van der Waals surface area contributed by atoms with Crippen LogP contribution in [0.1, 0.15) is 22.5 Å². The zero-order valence-electron chi connectivity index (χ0n) is 13.6. The van der Waals surface area contributed by atoms with E-state index in [4.69, 9.17) is 0 Å². The number of nitrogens with one attached hydrogen (secondary N) is 2. The van der Waals surface area contributed by atoms with Gasteiger partial charge in [-0.25, -0.2) is 0 Å². The normalized spacial score (nSPS) is 17.6. The third-order valence-corrected chi connectivity index (χ3v) is 5.40. The number of para-hydroxylation sites is 1. The number of aromatic nitrogens is 2. The van der Waals surface area contributed by atoms with Crippen molar-refractivity contribution in [1.82, 2.24) is 15.1 Å². The van der Waals surface area contributed by atoms with Crippen LogP contribution in [0.15, 0.2) is 41.9 Å². The molecule has 1 atom stereocenters. The number of carbonyl (C=O) groups is 2. The number of anilines is 1. The lowest BCUT2D eigenvalue weighted by Gasteiger charge is -2.31. The summed E-state index contributed by atoms with van der Waals surface area (Å²) in [6.45, 7) is 1.16. The van der Waals surface area contributed by atoms with Gasteiger partial charge in [0.25, 0.3) is 5.91 Å². The molecule has 4 rings (SSSR count). The van der Waals surface area contributed by atoms with Crippen molar-refractivity contribution in [2.45, 2.75) is 12.8 Å². The molecule has 25 heavy (non-hydrogen) atoms. The highest BCUT2D eigenvalue weighted by atomic mass is 32.1. The quantitative estimate of drug-likeness (QED) is 0.758. The summed E-state index contributed by atoms with van der Waals surface area (Å²) in [7, 11) is 0. The molecular weight excluding hydrogens is 336 g/mol. The van der Waals surface area contributed by atoms with Gasteiger partial charge in [0.15, 0.2) is 0 Å². The van der Waals surface area contributed by atoms with Crippen LogP contribution in [0.3, 0.4) is 0 Å². The van der Waals surface area contributed by atoms with Gasteiger partial charge in [0.1, 0.15) is 0 Å². The molecule has 2 aromatic heterocycles. The summed E-state index contributed by atoms with van der Waals surface area (Å²) < 4.78 is 0. The van der Waals surface area contributed by atoms with Crippen molar-refractivity contribution in [2.75, 3.05) is 18.4 Å². The Hall–Kier alpha value is -2.67. The van der Waals surface area contributed by atoms with E-state index < -0.39 is 0 Å². The lowest BCUT2D eigenvalue weighted by Crippen LogP contribution is -2.43. The third kappa shape index (κ3) is 3.15. The summed E-state index contributed by atoms with van der Waals surface area (Å²) in [6, 6.07) is 9.39. The first-order valence-corrected chi connectivity index (χ1v) is 9.16. The van der Waals surface area contributed by atoms with Crippen molar-refractivity contribution < 1.29 is 9.59 Å². The first-order valence-electron chi connectivity index (χ1n) is 8.28. The highest BCUT2D eigenvalue weighted by Crippen LogP contribution is 2.24. The number of fused-ring (bicyclic) bond motifs is 1. The third-order valence-electron chi connectivity index (χ3n) is 4.55. The van der Waals surface area contributed by atoms with Crippen LogP contribution in [0.4, 0.5) is 5.69 Å². The Morgan fingerprint density at radius 1 is 1.28 bits per heavy atom. The number of nitrogens with zero attached hydrogens (tertiary/aromatic N) is 2. The van der Waals surface area contributed by atoms with E-state index in [1.54, 1.807) is 11.1 Å². The summed E-state index contributed by atoms with van der Waals surface area (Å²) in [5.41, 5.74) is 1.54. The van der Waals surface area contributed by atoms with Gasteiger partial charge in [-0.1, -0.05) is 18.2 Å². The van der Waals surface area contributed by atoms with Gasteiger partial charge in [-0.05, 0) is 30.4 Å². The van der Waals surface area contributed by atoms with Gasteiger partial charge < -0.3 is 10.2 Å². The zero-order chi connectivity index (χ0) is 17.2. The Balaban J connectivity index is 1.47. The summed E-state index contributed by atoms with van der Waals surface area (Å²) in [6.07, 6.45) is 3.36. The van der Waals surface area contributed by atoms with Crippen molar-refractivity contribution in [3.05, 3.63) is 46.8 Å². The van der Waals surface area contributed by atoms with Crippen molar-refractivity contribution in [2.24, 2.45) is 5.92 Å². The summed E-state index contributed by atoms with van der Waals surface area (Å²) in [4.78, 5) is 27.7. The van der Waals surface area contributed by atoms with Gasteiger partial charge in [0, 0.05) is 18.5 Å². The average molecular weight is 354 g/mol. The molecule has 2 N–H and O–H groups in total. The number of benzene rings is 1. The number of H-pyrrole nitrogens is 1. The summed E-state index contributed by atoms with van der Waals surface area (Å²) in [5.74, 6) is -0.232. The Morgan fingerprint density at radius 3 is 3.04 bits per heavy atom. The van der Waals surface area contributed by atoms with Gasteiger partial charge >= 0.3 is 0 Å². The van der Waals surface area contributed by atoms with E-state index >= 15 is 0 Å². The van der Waals surface area contributed by atoms with E-state index in [1.807, 2.05) is 35.7 Å². The molecule has 0 aliphatic carbocycles. The maximum atomic E-state index is 12.7. The molecule has 0 unspecified atom stereocenters. The number of thiophene rings is 1. The molecule has 1 aliphatic heterocycles. The second-order valence-electron chi connectivity index (χ2n) is 6.20. The lowest BCUT2D eigenvalue weighted by atomic mass is 9.96. The lowest BCUT2D eigenvalue weighted by molar-refractivity contribution is -0.121. The molecule has 1 saturated heterocycles. The van der Waals surface area contributed by atoms with Crippen LogP contribution in [0.2, 0.25) is 0 Å². The van der Waals surface area contributed by atoms with E-state index in [0.717, 1.165) is 34.3 Å². The molecule has 3 heterocycles. The minimum absolute atomic E-state index is 0.0168. The van der Waals surface area contributed by atoms with Crippen LogP contribution < -0.4 is 5.32 Å². The van der Waals surface area contributed by atoms with E-state index in [-0.39, 0.29) is 17.7 Å². The van der Waals surface area contributed by atoms with Gasteiger partial charge in [-0.15, -0.1) is 11.3 Å². The molecule has 1 aliphatic rings. The fraction of sp³-hybridized carbons (Fsp3) is 0.278. The first-order chi connectivity index (χ1) is 12.2. The Bertz CT molecular complexity index is 903. The zero-order valence-corrected chi connectivity index (χ0v) is 14.4. The largest absolute Gasteiger partial charge is 0.337 e. The van der Waals surface area contributed by atoms with Crippen molar-refractivity contribution in [3.63, 3.8) is 0 Å². The van der Waals surface area contributed by atoms with Crippen LogP contribution >= 0.6 is 11.3 Å². The summed E-state index contributed by atoms with van der Waals surface area (Å²) >= 11 is 1.44. The molecule has 0 saturated carbocycles. The number of amides is 2. The average Bonchev–Trinajstić information content (AvgIpc) is 3.33. The van der Waals surface area contributed by atoms with Gasteiger partial charge in [0.2, 0.25) is 5.91 Å². The van der Waals surface area contributed by atoms with E-state index in [0.29, 0.717) is 13.1 Å². The maximum absolute atomic E-state index is 12.7. The number of hydrogen-bond acceptors (Lipinski definition) is 4. The highest BCUT2D eigenvalue weighted by molar-refractivity contribution is 7.12. The molecule has 7 heteroatoms. The molecule has 6 nitrogen and oxygen atoms in total. The number of piperidine rings is 1. The van der Waals surface area contributed by atoms with Crippen molar-refractivity contribution in [3.8, 4) is 0 Å². The van der Waals surface area contributed by atoms with E-state index in [2.05, 4.69) is 15.5 Å². The topological polar surface area (TPSA) is 78.1 Å². The number of carbonyl (C=O) groups excluding carboxylic acids is 2. The first kappa shape index (κ1) is 15.8. The standard InChI is InChI=1S/C18H18N4O2S/c23-17(20-14-6-1-4-12-10-19-21-16(12)14)13-5-2-8-22(11-13)18(24)15-7-3-9-25-15/h1,3-4,6-7,9-10,13H,2,5,8,11H2,(H,19,21)(H,20,23)/t13-/m1/s1. The van der Waals surface area contributed by atoms with Crippen molar-refractivity contribution >= 4 is 39.7 Å². The number of rotatable bonds is 3. The number of hydrogen-bond donors (Lipinski definition) is 2. The van der Waals surface area contributed by atoms with Crippen molar-refractivity contribution in [1.29, 1.82) is 0 Å². The van der Waals surface area contributed by atoms with Crippen LogP contribution in [-0.4, -0.2) is 40.0 Å². The second-order valence-corrected chi connectivity index (χ2v) is 7.14. The summed E-state index contributed by atoms with van der Waals surface area (Å²) in [5, 5.41) is 12.8. The van der Waals surface area contributed by atoms with Gasteiger partial charge in [0.05, 0.1) is 28.2 Å². The molecule has 0 spiro atoms. The minimum Gasteiger partial charge on any atom is -0.337 e. The van der Waals surface area contributed by atoms with E-state index in [9.17, 15) is 9.59 Å². The molecule has 0 radical (unpaired) electrons. The predicted octanol–water partition coefficient (Wildman–Crippen LogP) is 3.12. The van der Waals surface area contributed by atoms with Crippen LogP contribution in [0, 0.1) is 5.92 Å². The second kappa shape index (κ2) is 6.68. The molecule has 128 valence electrons. The van der Waals surface area contributed by atoms with Gasteiger partial charge in [-0.2, -0.15) is 5.10 Å². The minimum atomic E-state index is -0.198. The Kier molecular flexibility index (Phi) is 4.23. The van der Waals surface area contributed by atoms with Crippen LogP contribution in [-0.2, 0) is 4.79 Å². The smallest absolute Gasteiger partial charge is 0.263 e. The van der Waals surface area contributed by atoms with Crippen LogP contribution in [0.5, 0.6) is 0 Å². The fourth-order valence-corrected chi connectivity index (χ4v) is 3.93. The molecule has 1 fully saturated rings. The molecular formula is C18H18N4O2S. The monoisotopic (exact) mass is 354 g/mol. The Morgan fingerprint density at radius 2 is 2.20 bits per heavy atom. The predicted molar refractivity (Wildman–Crippen MR) is 97.7 cm³/mol. The van der Waals surface area contributed by atoms with Crippen LogP contribution in [0.25, 0.3) is 10.9 Å². The molecule has 0 bridgehead atoms. The maximum Gasteiger partial charge on any atom is 0.263 e. The molecule has 1 aromatic carbocycles. The molecule has 2 amide bonds. The SMILES string of the molecule is O=C(Nc1cccc2cn[nH]c12)[C@@H]1CCCN(C(=O)c2cccs2)C1. The Labute approximate surface area is 148 Å². The van der Waals surface area contributed by atoms with Gasteiger partial charge in [-0.3, -0.25) is 14.7 Å². The fourth-order valence-electron chi connectivity index (χ4n) is 3.24. The number of aromatic amines is 1.